The topological polar surface area (TPSA) is 66.5 Å². The Morgan fingerprint density at radius 1 is 1.44 bits per heavy atom. The summed E-state index contributed by atoms with van der Waals surface area (Å²) in [7, 11) is 0. The van der Waals surface area contributed by atoms with E-state index in [1.165, 1.54) is 0 Å². The van der Waals surface area contributed by atoms with Crippen molar-refractivity contribution in [1.82, 2.24) is 19.9 Å². The Kier molecular flexibility index (Phi) is 3.36. The van der Waals surface area contributed by atoms with E-state index in [-0.39, 0.29) is 0 Å². The van der Waals surface area contributed by atoms with Crippen LogP contribution in [0.3, 0.4) is 0 Å². The molecule has 0 aromatic carbocycles. The number of H-pyrrole nitrogens is 1. The zero-order valence-corrected chi connectivity index (χ0v) is 9.62. The summed E-state index contributed by atoms with van der Waals surface area (Å²) in [4.78, 5) is 15.5. The predicted octanol–water partition coefficient (Wildman–Crippen LogP) is 2.03. The highest BCUT2D eigenvalue weighted by Gasteiger charge is 2.02. The molecule has 0 atom stereocenters. The van der Waals surface area contributed by atoms with Gasteiger partial charge in [-0.3, -0.25) is 0 Å². The van der Waals surface area contributed by atoms with E-state index in [1.807, 2.05) is 6.92 Å². The van der Waals surface area contributed by atoms with Crippen molar-refractivity contribution in [2.75, 3.05) is 5.32 Å². The number of nitrogens with zero attached hydrogens (tertiary/aromatic N) is 3. The predicted molar refractivity (Wildman–Crippen MR) is 62.3 cm³/mol. The van der Waals surface area contributed by atoms with Gasteiger partial charge < -0.3 is 10.3 Å². The highest BCUT2D eigenvalue weighted by molar-refractivity contribution is 6.29. The van der Waals surface area contributed by atoms with E-state index in [9.17, 15) is 0 Å². The third kappa shape index (κ3) is 2.70. The van der Waals surface area contributed by atoms with Crippen molar-refractivity contribution in [3.05, 3.63) is 35.3 Å². The molecule has 2 heterocycles. The molecule has 0 saturated heterocycles. The van der Waals surface area contributed by atoms with Crippen molar-refractivity contribution >= 4 is 17.4 Å². The number of rotatable bonds is 4. The highest BCUT2D eigenvalue weighted by Crippen LogP contribution is 2.12. The number of aromatic nitrogens is 4. The van der Waals surface area contributed by atoms with Crippen molar-refractivity contribution in [2.45, 2.75) is 19.9 Å². The van der Waals surface area contributed by atoms with Gasteiger partial charge in [-0.25, -0.2) is 15.0 Å². The zero-order chi connectivity index (χ0) is 11.4. The van der Waals surface area contributed by atoms with E-state index in [2.05, 4.69) is 25.3 Å². The number of aromatic amines is 1. The van der Waals surface area contributed by atoms with Gasteiger partial charge in [-0.05, 0) is 0 Å². The first-order valence-corrected chi connectivity index (χ1v) is 5.41. The van der Waals surface area contributed by atoms with Crippen LogP contribution in [0.4, 0.5) is 5.82 Å². The minimum Gasteiger partial charge on any atom is -0.363 e. The third-order valence-corrected chi connectivity index (χ3v) is 2.24. The van der Waals surface area contributed by atoms with Gasteiger partial charge >= 0.3 is 0 Å². The molecule has 0 amide bonds. The van der Waals surface area contributed by atoms with Gasteiger partial charge in [0.2, 0.25) is 0 Å². The molecule has 5 nitrogen and oxygen atoms in total. The molecule has 2 aromatic rings. The Labute approximate surface area is 98.3 Å². The number of anilines is 1. The molecule has 2 rings (SSSR count). The molecule has 0 spiro atoms. The summed E-state index contributed by atoms with van der Waals surface area (Å²) >= 11 is 5.87. The maximum Gasteiger partial charge on any atom is 0.134 e. The Hall–Kier alpha value is -1.62. The summed E-state index contributed by atoms with van der Waals surface area (Å²) < 4.78 is 0. The molecule has 84 valence electrons. The first-order chi connectivity index (χ1) is 7.78. The molecule has 0 unspecified atom stereocenters. The van der Waals surface area contributed by atoms with Gasteiger partial charge in [-0.2, -0.15) is 0 Å². The highest BCUT2D eigenvalue weighted by atomic mass is 35.5. The average Bonchev–Trinajstić information content (AvgIpc) is 2.78. The monoisotopic (exact) mass is 237 g/mol. The van der Waals surface area contributed by atoms with E-state index in [0.717, 1.165) is 18.1 Å². The fourth-order valence-electron chi connectivity index (χ4n) is 1.28. The number of imidazole rings is 1. The van der Waals surface area contributed by atoms with E-state index in [1.54, 1.807) is 18.5 Å². The standard InChI is InChI=1S/C10H12ClN5/c1-2-8-15-7(11)5-9(16-8)14-6-10-12-3-4-13-10/h3-5H,2,6H2,1H3,(H,12,13)(H,14,15,16). The molecule has 0 bridgehead atoms. The lowest BCUT2D eigenvalue weighted by atomic mass is 10.4. The largest absolute Gasteiger partial charge is 0.363 e. The SMILES string of the molecule is CCc1nc(Cl)cc(NCc2ncc[nH]2)n1. The first-order valence-electron chi connectivity index (χ1n) is 5.03. The summed E-state index contributed by atoms with van der Waals surface area (Å²) in [6.45, 7) is 2.57. The van der Waals surface area contributed by atoms with Crippen molar-refractivity contribution in [2.24, 2.45) is 0 Å². The van der Waals surface area contributed by atoms with Gasteiger partial charge in [0.05, 0.1) is 6.54 Å². The van der Waals surface area contributed by atoms with Crippen LogP contribution in [0.5, 0.6) is 0 Å². The second-order valence-corrected chi connectivity index (χ2v) is 3.62. The molecular formula is C10H12ClN5. The Morgan fingerprint density at radius 2 is 2.31 bits per heavy atom. The van der Waals surface area contributed by atoms with Crippen LogP contribution >= 0.6 is 11.6 Å². The number of hydrogen-bond donors (Lipinski definition) is 2. The molecular weight excluding hydrogens is 226 g/mol. The molecule has 0 radical (unpaired) electrons. The van der Waals surface area contributed by atoms with Gasteiger partial charge in [0, 0.05) is 24.9 Å². The number of aryl methyl sites for hydroxylation is 1. The van der Waals surface area contributed by atoms with Crippen molar-refractivity contribution in [3.63, 3.8) is 0 Å². The molecule has 2 N–H and O–H groups in total. The lowest BCUT2D eigenvalue weighted by molar-refractivity contribution is 0.921. The summed E-state index contributed by atoms with van der Waals surface area (Å²) in [6, 6.07) is 1.70. The zero-order valence-electron chi connectivity index (χ0n) is 8.87. The van der Waals surface area contributed by atoms with Gasteiger partial charge in [-0.15, -0.1) is 0 Å². The van der Waals surface area contributed by atoms with E-state index < -0.39 is 0 Å². The molecule has 0 aliphatic rings. The summed E-state index contributed by atoms with van der Waals surface area (Å²) in [6.07, 6.45) is 4.25. The van der Waals surface area contributed by atoms with Crippen LogP contribution in [0.25, 0.3) is 0 Å². The van der Waals surface area contributed by atoms with Crippen LogP contribution in [0.2, 0.25) is 5.15 Å². The molecule has 2 aromatic heterocycles. The van der Waals surface area contributed by atoms with E-state index in [4.69, 9.17) is 11.6 Å². The second-order valence-electron chi connectivity index (χ2n) is 3.24. The van der Waals surface area contributed by atoms with Crippen LogP contribution in [-0.4, -0.2) is 19.9 Å². The van der Waals surface area contributed by atoms with Gasteiger partial charge in [0.15, 0.2) is 0 Å². The Balaban J connectivity index is 2.06. The maximum atomic E-state index is 5.87. The van der Waals surface area contributed by atoms with Crippen LogP contribution in [-0.2, 0) is 13.0 Å². The quantitative estimate of drug-likeness (QED) is 0.799. The average molecular weight is 238 g/mol. The summed E-state index contributed by atoms with van der Waals surface area (Å²) in [5, 5.41) is 3.59. The molecule has 0 aliphatic heterocycles. The van der Waals surface area contributed by atoms with E-state index in [0.29, 0.717) is 17.5 Å². The first kappa shape index (κ1) is 10.9. The minimum atomic E-state index is 0.453. The summed E-state index contributed by atoms with van der Waals surface area (Å²) in [5.74, 6) is 2.30. The lowest BCUT2D eigenvalue weighted by Gasteiger charge is -2.05. The number of halogens is 1. The lowest BCUT2D eigenvalue weighted by Crippen LogP contribution is -2.05. The number of nitrogens with one attached hydrogen (secondary N) is 2. The van der Waals surface area contributed by atoms with Crippen LogP contribution in [0, 0.1) is 0 Å². The van der Waals surface area contributed by atoms with Crippen LogP contribution in [0.15, 0.2) is 18.5 Å². The summed E-state index contributed by atoms with van der Waals surface area (Å²) in [5.41, 5.74) is 0. The fraction of sp³-hybridized carbons (Fsp3) is 0.300. The molecule has 16 heavy (non-hydrogen) atoms. The molecule has 0 aliphatic carbocycles. The normalized spacial score (nSPS) is 10.4. The van der Waals surface area contributed by atoms with Crippen LogP contribution < -0.4 is 5.32 Å². The molecule has 0 fully saturated rings. The smallest absolute Gasteiger partial charge is 0.134 e. The van der Waals surface area contributed by atoms with Gasteiger partial charge in [0.1, 0.15) is 22.6 Å². The fourth-order valence-corrected chi connectivity index (χ4v) is 1.48. The number of hydrogen-bond acceptors (Lipinski definition) is 4. The molecule has 6 heteroatoms. The van der Waals surface area contributed by atoms with Gasteiger partial charge in [-0.1, -0.05) is 18.5 Å². The van der Waals surface area contributed by atoms with E-state index >= 15 is 0 Å². The molecule has 0 saturated carbocycles. The Bertz CT molecular complexity index is 454. The maximum absolute atomic E-state index is 5.87. The third-order valence-electron chi connectivity index (χ3n) is 2.05. The second kappa shape index (κ2) is 4.94. The van der Waals surface area contributed by atoms with Gasteiger partial charge in [0.25, 0.3) is 0 Å². The minimum absolute atomic E-state index is 0.453. The van der Waals surface area contributed by atoms with Crippen molar-refractivity contribution < 1.29 is 0 Å². The Morgan fingerprint density at radius 3 is 3.00 bits per heavy atom. The van der Waals surface area contributed by atoms with Crippen molar-refractivity contribution in [1.29, 1.82) is 0 Å². The van der Waals surface area contributed by atoms with Crippen LogP contribution in [0.1, 0.15) is 18.6 Å². The van der Waals surface area contributed by atoms with Crippen molar-refractivity contribution in [3.8, 4) is 0 Å².